The van der Waals surface area contributed by atoms with Crippen molar-refractivity contribution in [3.8, 4) is 5.69 Å². The standard InChI is InChI=1S/C26H31N5O2/c1-2-22-8-6-7-11-24(22)28-25(32)20-29-14-16-30(17-15-29)26(33)13-12-21-18-27-31(19-21)23-9-4-3-5-10-23/h3-11,18-19H,2,12-17,20H2,1H3,(H,28,32). The lowest BCUT2D eigenvalue weighted by molar-refractivity contribution is -0.133. The summed E-state index contributed by atoms with van der Waals surface area (Å²) in [6.45, 7) is 5.15. The average Bonchev–Trinajstić information content (AvgIpc) is 3.33. The van der Waals surface area contributed by atoms with Gasteiger partial charge in [-0.3, -0.25) is 14.5 Å². The highest BCUT2D eigenvalue weighted by Crippen LogP contribution is 2.16. The Bertz CT molecular complexity index is 1070. The number of benzene rings is 2. The fourth-order valence-electron chi connectivity index (χ4n) is 4.12. The molecule has 2 aromatic carbocycles. The van der Waals surface area contributed by atoms with Crippen molar-refractivity contribution in [1.29, 1.82) is 0 Å². The molecule has 0 unspecified atom stereocenters. The van der Waals surface area contributed by atoms with E-state index in [4.69, 9.17) is 0 Å². The number of anilines is 1. The van der Waals surface area contributed by atoms with Crippen LogP contribution < -0.4 is 5.32 Å². The van der Waals surface area contributed by atoms with Crippen molar-refractivity contribution in [2.45, 2.75) is 26.2 Å². The van der Waals surface area contributed by atoms with Crippen LogP contribution >= 0.6 is 0 Å². The van der Waals surface area contributed by atoms with Crippen molar-refractivity contribution in [1.82, 2.24) is 19.6 Å². The highest BCUT2D eigenvalue weighted by molar-refractivity contribution is 5.93. The molecule has 7 heteroatoms. The summed E-state index contributed by atoms with van der Waals surface area (Å²) >= 11 is 0. The van der Waals surface area contributed by atoms with Crippen LogP contribution in [-0.4, -0.2) is 64.1 Å². The van der Waals surface area contributed by atoms with Gasteiger partial charge in [-0.1, -0.05) is 43.3 Å². The van der Waals surface area contributed by atoms with Crippen molar-refractivity contribution < 1.29 is 9.59 Å². The van der Waals surface area contributed by atoms with Crippen molar-refractivity contribution in [2.75, 3.05) is 38.0 Å². The average molecular weight is 446 g/mol. The van der Waals surface area contributed by atoms with E-state index in [0.29, 0.717) is 45.6 Å². The number of rotatable bonds is 8. The van der Waals surface area contributed by atoms with Crippen LogP contribution in [0.5, 0.6) is 0 Å². The van der Waals surface area contributed by atoms with Gasteiger partial charge in [0, 0.05) is 44.5 Å². The summed E-state index contributed by atoms with van der Waals surface area (Å²) in [6.07, 6.45) is 5.83. The second-order valence-electron chi connectivity index (χ2n) is 8.34. The van der Waals surface area contributed by atoms with Crippen LogP contribution in [0.3, 0.4) is 0 Å². The molecule has 1 aliphatic heterocycles. The van der Waals surface area contributed by atoms with E-state index in [1.165, 1.54) is 0 Å². The Morgan fingerprint density at radius 1 is 0.970 bits per heavy atom. The molecule has 0 spiro atoms. The van der Waals surface area contributed by atoms with Crippen LogP contribution in [0.15, 0.2) is 67.0 Å². The van der Waals surface area contributed by atoms with Gasteiger partial charge in [-0.2, -0.15) is 5.10 Å². The van der Waals surface area contributed by atoms with E-state index >= 15 is 0 Å². The van der Waals surface area contributed by atoms with Crippen LogP contribution in [0, 0.1) is 0 Å². The molecule has 0 radical (unpaired) electrons. The Balaban J connectivity index is 1.20. The minimum Gasteiger partial charge on any atom is -0.340 e. The first-order valence-corrected chi connectivity index (χ1v) is 11.6. The molecule has 1 fully saturated rings. The molecule has 33 heavy (non-hydrogen) atoms. The Kier molecular flexibility index (Phi) is 7.52. The molecule has 172 valence electrons. The minimum atomic E-state index is -0.00824. The second-order valence-corrected chi connectivity index (χ2v) is 8.34. The monoisotopic (exact) mass is 445 g/mol. The van der Waals surface area contributed by atoms with Crippen LogP contribution in [-0.2, 0) is 22.4 Å². The number of nitrogens with one attached hydrogen (secondary N) is 1. The van der Waals surface area contributed by atoms with Gasteiger partial charge < -0.3 is 10.2 Å². The zero-order valence-corrected chi connectivity index (χ0v) is 19.1. The Labute approximate surface area is 195 Å². The van der Waals surface area contributed by atoms with E-state index in [9.17, 15) is 9.59 Å². The lowest BCUT2D eigenvalue weighted by Gasteiger charge is -2.34. The molecule has 1 aliphatic rings. The molecule has 0 aliphatic carbocycles. The third-order valence-corrected chi connectivity index (χ3v) is 6.05. The summed E-state index contributed by atoms with van der Waals surface area (Å²) in [4.78, 5) is 29.2. The number of nitrogens with zero attached hydrogens (tertiary/aromatic N) is 4. The number of para-hydroxylation sites is 2. The summed E-state index contributed by atoms with van der Waals surface area (Å²) in [5, 5.41) is 7.43. The zero-order chi connectivity index (χ0) is 23.0. The fourth-order valence-corrected chi connectivity index (χ4v) is 4.12. The predicted molar refractivity (Wildman–Crippen MR) is 129 cm³/mol. The van der Waals surface area contributed by atoms with Gasteiger partial charge in [-0.15, -0.1) is 0 Å². The Morgan fingerprint density at radius 3 is 2.45 bits per heavy atom. The molecular formula is C26H31N5O2. The summed E-state index contributed by atoms with van der Waals surface area (Å²) in [6, 6.07) is 17.8. The summed E-state index contributed by atoms with van der Waals surface area (Å²) in [7, 11) is 0. The van der Waals surface area contributed by atoms with Gasteiger partial charge in [0.25, 0.3) is 0 Å². The first-order valence-electron chi connectivity index (χ1n) is 11.6. The molecule has 0 bridgehead atoms. The molecular weight excluding hydrogens is 414 g/mol. The number of aryl methyl sites for hydroxylation is 2. The van der Waals surface area contributed by atoms with Crippen LogP contribution in [0.2, 0.25) is 0 Å². The number of carbonyl (C=O) groups excluding carboxylic acids is 2. The van der Waals surface area contributed by atoms with E-state index in [1.54, 1.807) is 0 Å². The van der Waals surface area contributed by atoms with E-state index in [-0.39, 0.29) is 11.8 Å². The largest absolute Gasteiger partial charge is 0.340 e. The lowest BCUT2D eigenvalue weighted by Crippen LogP contribution is -2.50. The summed E-state index contributed by atoms with van der Waals surface area (Å²) < 4.78 is 1.84. The van der Waals surface area contributed by atoms with Crippen LogP contribution in [0.4, 0.5) is 5.69 Å². The SMILES string of the molecule is CCc1ccccc1NC(=O)CN1CCN(C(=O)CCc2cnn(-c3ccccc3)c2)CC1. The van der Waals surface area contributed by atoms with E-state index < -0.39 is 0 Å². The topological polar surface area (TPSA) is 70.5 Å². The Hall–Kier alpha value is -3.45. The maximum absolute atomic E-state index is 12.7. The van der Waals surface area contributed by atoms with Gasteiger partial charge in [0.15, 0.2) is 0 Å². The quantitative estimate of drug-likeness (QED) is 0.578. The lowest BCUT2D eigenvalue weighted by atomic mass is 10.1. The maximum atomic E-state index is 12.7. The number of carbonyl (C=O) groups is 2. The van der Waals surface area contributed by atoms with E-state index in [1.807, 2.05) is 76.6 Å². The van der Waals surface area contributed by atoms with Crippen molar-refractivity contribution in [2.24, 2.45) is 0 Å². The van der Waals surface area contributed by atoms with Crippen LogP contribution in [0.25, 0.3) is 5.69 Å². The molecule has 0 atom stereocenters. The van der Waals surface area contributed by atoms with Crippen molar-refractivity contribution >= 4 is 17.5 Å². The second kappa shape index (κ2) is 10.9. The third-order valence-electron chi connectivity index (χ3n) is 6.05. The number of aromatic nitrogens is 2. The first-order chi connectivity index (χ1) is 16.1. The Morgan fingerprint density at radius 2 is 1.70 bits per heavy atom. The van der Waals surface area contributed by atoms with Gasteiger partial charge in [-0.25, -0.2) is 4.68 Å². The molecule has 2 heterocycles. The summed E-state index contributed by atoms with van der Waals surface area (Å²) in [5.41, 5.74) is 4.08. The van der Waals surface area contributed by atoms with E-state index in [2.05, 4.69) is 22.2 Å². The third kappa shape index (κ3) is 6.08. The van der Waals surface area contributed by atoms with Crippen LogP contribution in [0.1, 0.15) is 24.5 Å². The first kappa shape index (κ1) is 22.7. The minimum absolute atomic E-state index is 0.00824. The highest BCUT2D eigenvalue weighted by Gasteiger charge is 2.22. The molecule has 1 aromatic heterocycles. The molecule has 3 aromatic rings. The van der Waals surface area contributed by atoms with E-state index in [0.717, 1.165) is 28.9 Å². The molecule has 2 amide bonds. The van der Waals surface area contributed by atoms with Gasteiger partial charge >= 0.3 is 0 Å². The molecule has 1 saturated heterocycles. The smallest absolute Gasteiger partial charge is 0.238 e. The van der Waals surface area contributed by atoms with Gasteiger partial charge in [0.1, 0.15) is 0 Å². The number of hydrogen-bond donors (Lipinski definition) is 1. The maximum Gasteiger partial charge on any atom is 0.238 e. The normalized spacial score (nSPS) is 14.3. The number of hydrogen-bond acceptors (Lipinski definition) is 4. The fraction of sp³-hybridized carbons (Fsp3) is 0.346. The van der Waals surface area contributed by atoms with Crippen molar-refractivity contribution in [3.05, 3.63) is 78.1 Å². The van der Waals surface area contributed by atoms with Gasteiger partial charge in [0.05, 0.1) is 18.4 Å². The zero-order valence-electron chi connectivity index (χ0n) is 19.1. The molecule has 4 rings (SSSR count). The van der Waals surface area contributed by atoms with Crippen molar-refractivity contribution in [3.63, 3.8) is 0 Å². The van der Waals surface area contributed by atoms with Gasteiger partial charge in [-0.05, 0) is 42.2 Å². The summed E-state index contributed by atoms with van der Waals surface area (Å²) in [5.74, 6) is 0.148. The molecule has 1 N–H and O–H groups in total. The highest BCUT2D eigenvalue weighted by atomic mass is 16.2. The number of amides is 2. The molecule has 7 nitrogen and oxygen atoms in total. The predicted octanol–water partition coefficient (Wildman–Crippen LogP) is 3.15. The molecule has 0 saturated carbocycles. The number of piperazine rings is 1. The van der Waals surface area contributed by atoms with Gasteiger partial charge in [0.2, 0.25) is 11.8 Å².